The molecular weight excluding hydrogens is 258 g/mol. The lowest BCUT2D eigenvalue weighted by Gasteiger charge is -2.14. The number of alkyl halides is 4. The van der Waals surface area contributed by atoms with E-state index < -0.39 is 29.7 Å². The largest absolute Gasteiger partial charge is 0.462 e. The fourth-order valence-electron chi connectivity index (χ4n) is 0.969. The van der Waals surface area contributed by atoms with Gasteiger partial charge < -0.3 is 9.64 Å². The van der Waals surface area contributed by atoms with Crippen molar-refractivity contribution in [2.24, 2.45) is 0 Å². The molecule has 0 bridgehead atoms. The molecule has 8 heteroatoms. The summed E-state index contributed by atoms with van der Waals surface area (Å²) in [6.45, 7) is 1.27. The molecule has 0 rings (SSSR count). The second-order valence-corrected chi connectivity index (χ2v) is 3.50. The summed E-state index contributed by atoms with van der Waals surface area (Å²) >= 11 is 0. The van der Waals surface area contributed by atoms with Gasteiger partial charge in [0.2, 0.25) is 5.78 Å². The molecule has 0 amide bonds. The number of esters is 1. The van der Waals surface area contributed by atoms with E-state index in [0.717, 1.165) is 11.1 Å². The summed E-state index contributed by atoms with van der Waals surface area (Å²) in [6, 6.07) is 0. The van der Waals surface area contributed by atoms with Crippen LogP contribution in [0.1, 0.15) is 6.92 Å². The zero-order valence-electron chi connectivity index (χ0n) is 10.0. The fraction of sp³-hybridized carbons (Fsp3) is 0.600. The molecule has 0 aliphatic rings. The number of nitrogens with zero attached hydrogens (tertiary/aromatic N) is 1. The average molecular weight is 271 g/mol. The number of hydrogen-bond donors (Lipinski definition) is 0. The second kappa shape index (κ2) is 6.36. The van der Waals surface area contributed by atoms with Crippen molar-refractivity contribution < 1.29 is 31.9 Å². The molecule has 0 spiro atoms. The SMILES string of the molecule is CCOC(=O)C(=CN(C)C)C(=O)C(F)C(F)(F)F. The third-order valence-corrected chi connectivity index (χ3v) is 1.67. The van der Waals surface area contributed by atoms with Crippen LogP contribution >= 0.6 is 0 Å². The first-order valence-corrected chi connectivity index (χ1v) is 4.91. The van der Waals surface area contributed by atoms with Crippen molar-refractivity contribution in [3.8, 4) is 0 Å². The van der Waals surface area contributed by atoms with Crippen LogP contribution in [0.4, 0.5) is 17.6 Å². The summed E-state index contributed by atoms with van der Waals surface area (Å²) in [5, 5.41) is 0. The van der Waals surface area contributed by atoms with Crippen molar-refractivity contribution in [3.05, 3.63) is 11.8 Å². The van der Waals surface area contributed by atoms with Crippen molar-refractivity contribution in [1.29, 1.82) is 0 Å². The van der Waals surface area contributed by atoms with Crippen LogP contribution < -0.4 is 0 Å². The Morgan fingerprint density at radius 1 is 1.33 bits per heavy atom. The predicted molar refractivity (Wildman–Crippen MR) is 54.4 cm³/mol. The van der Waals surface area contributed by atoms with Gasteiger partial charge in [0, 0.05) is 20.3 Å². The van der Waals surface area contributed by atoms with Gasteiger partial charge in [-0.3, -0.25) is 4.79 Å². The van der Waals surface area contributed by atoms with Gasteiger partial charge in [-0.05, 0) is 6.92 Å². The maximum atomic E-state index is 12.9. The minimum Gasteiger partial charge on any atom is -0.462 e. The Hall–Kier alpha value is -1.60. The molecule has 0 N–H and O–H groups in total. The molecule has 0 radical (unpaired) electrons. The quantitative estimate of drug-likeness (QED) is 0.250. The monoisotopic (exact) mass is 271 g/mol. The molecular formula is C10H13F4NO3. The number of Topliss-reactive ketones (excluding diaryl/α,β-unsaturated/α-hetero) is 1. The molecule has 4 nitrogen and oxygen atoms in total. The van der Waals surface area contributed by atoms with E-state index in [1.165, 1.54) is 21.0 Å². The lowest BCUT2D eigenvalue weighted by Crippen LogP contribution is -2.36. The van der Waals surface area contributed by atoms with Gasteiger partial charge in [0.25, 0.3) is 6.17 Å². The molecule has 1 atom stereocenters. The first-order chi connectivity index (χ1) is 8.11. The third-order valence-electron chi connectivity index (χ3n) is 1.67. The zero-order chi connectivity index (χ0) is 14.5. The summed E-state index contributed by atoms with van der Waals surface area (Å²) in [7, 11) is 2.74. The van der Waals surface area contributed by atoms with Crippen LogP contribution in [0.3, 0.4) is 0 Å². The topological polar surface area (TPSA) is 46.6 Å². The highest BCUT2D eigenvalue weighted by atomic mass is 19.4. The molecule has 104 valence electrons. The highest BCUT2D eigenvalue weighted by Crippen LogP contribution is 2.26. The maximum absolute atomic E-state index is 12.9. The van der Waals surface area contributed by atoms with E-state index in [1.807, 2.05) is 0 Å². The Labute approximate surface area is 101 Å². The molecule has 0 heterocycles. The molecule has 0 saturated heterocycles. The van der Waals surface area contributed by atoms with Crippen LogP contribution in [0.15, 0.2) is 11.8 Å². The second-order valence-electron chi connectivity index (χ2n) is 3.50. The maximum Gasteiger partial charge on any atom is 0.427 e. The Morgan fingerprint density at radius 2 is 1.83 bits per heavy atom. The van der Waals surface area contributed by atoms with Gasteiger partial charge in [-0.15, -0.1) is 0 Å². The number of hydrogen-bond acceptors (Lipinski definition) is 4. The number of halogens is 4. The molecule has 0 aliphatic carbocycles. The highest BCUT2D eigenvalue weighted by Gasteiger charge is 2.47. The van der Waals surface area contributed by atoms with Crippen molar-refractivity contribution in [1.82, 2.24) is 4.90 Å². The van der Waals surface area contributed by atoms with Gasteiger partial charge in [-0.1, -0.05) is 0 Å². The van der Waals surface area contributed by atoms with Gasteiger partial charge in [0.1, 0.15) is 5.57 Å². The molecule has 0 fully saturated rings. The van der Waals surface area contributed by atoms with Crippen LogP contribution in [0, 0.1) is 0 Å². The molecule has 0 aromatic heterocycles. The first kappa shape index (κ1) is 16.4. The third kappa shape index (κ3) is 4.72. The van der Waals surface area contributed by atoms with Gasteiger partial charge in [0.05, 0.1) is 6.61 Å². The Balaban J connectivity index is 5.23. The van der Waals surface area contributed by atoms with Crippen molar-refractivity contribution in [2.75, 3.05) is 20.7 Å². The van der Waals surface area contributed by atoms with Gasteiger partial charge in [0.15, 0.2) is 0 Å². The van der Waals surface area contributed by atoms with Crippen molar-refractivity contribution >= 4 is 11.8 Å². The number of ether oxygens (including phenoxy) is 1. The summed E-state index contributed by atoms with van der Waals surface area (Å²) in [6.07, 6.45) is -8.30. The molecule has 0 aliphatic heterocycles. The molecule has 0 aromatic rings. The van der Waals surface area contributed by atoms with Gasteiger partial charge >= 0.3 is 12.1 Å². The van der Waals surface area contributed by atoms with E-state index >= 15 is 0 Å². The lowest BCUT2D eigenvalue weighted by atomic mass is 10.1. The van der Waals surface area contributed by atoms with Gasteiger partial charge in [-0.2, -0.15) is 13.2 Å². The predicted octanol–water partition coefficient (Wildman–Crippen LogP) is 1.46. The zero-order valence-corrected chi connectivity index (χ0v) is 10.0. The number of carbonyl (C=O) groups is 2. The minimum absolute atomic E-state index is 0.139. The Morgan fingerprint density at radius 3 is 2.17 bits per heavy atom. The molecule has 0 aromatic carbocycles. The van der Waals surface area contributed by atoms with Crippen molar-refractivity contribution in [2.45, 2.75) is 19.3 Å². The molecule has 18 heavy (non-hydrogen) atoms. The van der Waals surface area contributed by atoms with Crippen LogP contribution in [-0.4, -0.2) is 49.7 Å². The highest BCUT2D eigenvalue weighted by molar-refractivity contribution is 6.19. The minimum atomic E-state index is -5.35. The van der Waals surface area contributed by atoms with Crippen LogP contribution in [0.5, 0.6) is 0 Å². The summed E-state index contributed by atoms with van der Waals surface area (Å²) in [5.74, 6) is -3.25. The summed E-state index contributed by atoms with van der Waals surface area (Å²) < 4.78 is 53.4. The number of rotatable bonds is 5. The Bertz CT molecular complexity index is 350. The summed E-state index contributed by atoms with van der Waals surface area (Å²) in [4.78, 5) is 23.7. The van der Waals surface area contributed by atoms with E-state index in [2.05, 4.69) is 4.74 Å². The summed E-state index contributed by atoms with van der Waals surface area (Å²) in [5.41, 5.74) is -0.980. The normalized spacial score (nSPS) is 14.1. The van der Waals surface area contributed by atoms with E-state index in [4.69, 9.17) is 0 Å². The molecule has 0 saturated carbocycles. The van der Waals surface area contributed by atoms with Gasteiger partial charge in [-0.25, -0.2) is 9.18 Å². The van der Waals surface area contributed by atoms with Crippen LogP contribution in [-0.2, 0) is 14.3 Å². The van der Waals surface area contributed by atoms with E-state index in [0.29, 0.717) is 0 Å². The Kier molecular flexibility index (Phi) is 5.80. The van der Waals surface area contributed by atoms with Crippen molar-refractivity contribution in [3.63, 3.8) is 0 Å². The smallest absolute Gasteiger partial charge is 0.427 e. The average Bonchev–Trinajstić information content (AvgIpc) is 2.22. The van der Waals surface area contributed by atoms with Crippen LogP contribution in [0.2, 0.25) is 0 Å². The van der Waals surface area contributed by atoms with E-state index in [1.54, 1.807) is 0 Å². The fourth-order valence-corrected chi connectivity index (χ4v) is 0.969. The van der Waals surface area contributed by atoms with E-state index in [9.17, 15) is 27.2 Å². The number of ketones is 1. The van der Waals surface area contributed by atoms with E-state index in [-0.39, 0.29) is 6.61 Å². The standard InChI is InChI=1S/C10H13F4NO3/c1-4-18-9(17)6(5-15(2)3)7(16)8(11)10(12,13)14/h5,8H,4H2,1-3H3. The first-order valence-electron chi connectivity index (χ1n) is 4.91. The number of carbonyl (C=O) groups excluding carboxylic acids is 2. The lowest BCUT2D eigenvalue weighted by molar-refractivity contribution is -0.183. The van der Waals surface area contributed by atoms with Crippen LogP contribution in [0.25, 0.3) is 0 Å². The molecule has 1 unspecified atom stereocenters.